The molecule has 20 heavy (non-hydrogen) atoms. The van der Waals surface area contributed by atoms with Crippen LogP contribution in [0.1, 0.15) is 37.0 Å². The maximum Gasteiger partial charge on any atom is 0.255 e. The van der Waals surface area contributed by atoms with E-state index in [-0.39, 0.29) is 22.2 Å². The van der Waals surface area contributed by atoms with Crippen LogP contribution in [-0.2, 0) is 0 Å². The van der Waals surface area contributed by atoms with Gasteiger partial charge in [-0.15, -0.1) is 0 Å². The lowest BCUT2D eigenvalue weighted by Crippen LogP contribution is -2.29. The molecule has 5 heteroatoms. The van der Waals surface area contributed by atoms with Crippen LogP contribution in [0.25, 0.3) is 0 Å². The molecular formula is C15H20ClNO3. The molecule has 110 valence electrons. The van der Waals surface area contributed by atoms with Crippen LogP contribution in [0.4, 0.5) is 0 Å². The van der Waals surface area contributed by atoms with Crippen molar-refractivity contribution in [3.05, 3.63) is 22.7 Å². The van der Waals surface area contributed by atoms with E-state index in [4.69, 9.17) is 11.6 Å². The number of nitrogens with zero attached hydrogens (tertiary/aromatic N) is 1. The summed E-state index contributed by atoms with van der Waals surface area (Å²) >= 11 is 5.95. The zero-order chi connectivity index (χ0) is 14.9. The van der Waals surface area contributed by atoms with Gasteiger partial charge in [0, 0.05) is 13.1 Å². The quantitative estimate of drug-likeness (QED) is 0.842. The molecule has 1 fully saturated rings. The molecule has 0 unspecified atom stereocenters. The van der Waals surface area contributed by atoms with Crippen LogP contribution < -0.4 is 0 Å². The Hall–Kier alpha value is -1.42. The third-order valence-electron chi connectivity index (χ3n) is 4.24. The Morgan fingerprint density at radius 1 is 1.25 bits per heavy atom. The largest absolute Gasteiger partial charge is 0.504 e. The lowest BCUT2D eigenvalue weighted by atomic mass is 9.92. The van der Waals surface area contributed by atoms with Crippen LogP contribution >= 0.6 is 11.6 Å². The lowest BCUT2D eigenvalue weighted by molar-refractivity contribution is 0.0783. The Morgan fingerprint density at radius 3 is 2.30 bits per heavy atom. The molecule has 0 bridgehead atoms. The van der Waals surface area contributed by atoms with Gasteiger partial charge in [0.2, 0.25) is 0 Å². The first-order valence-corrected chi connectivity index (χ1v) is 7.37. The van der Waals surface area contributed by atoms with Gasteiger partial charge in [0.15, 0.2) is 11.5 Å². The number of phenols is 2. The molecule has 0 aromatic heterocycles. The van der Waals surface area contributed by atoms with Crippen molar-refractivity contribution in [1.29, 1.82) is 0 Å². The minimum atomic E-state index is -0.434. The van der Waals surface area contributed by atoms with Gasteiger partial charge in [0.25, 0.3) is 5.91 Å². The van der Waals surface area contributed by atoms with Crippen LogP contribution in [-0.4, -0.2) is 34.1 Å². The number of aromatic hydroxyl groups is 2. The monoisotopic (exact) mass is 297 g/mol. The fourth-order valence-corrected chi connectivity index (χ4v) is 3.16. The summed E-state index contributed by atoms with van der Waals surface area (Å²) in [5.41, 5.74) is 0.244. The zero-order valence-corrected chi connectivity index (χ0v) is 12.5. The number of halogens is 1. The average molecular weight is 298 g/mol. The van der Waals surface area contributed by atoms with Gasteiger partial charge in [-0.1, -0.05) is 38.3 Å². The summed E-state index contributed by atoms with van der Waals surface area (Å²) in [5.74, 6) is 0.114. The number of likely N-dealkylation sites (tertiary alicyclic amines) is 1. The first-order valence-electron chi connectivity index (χ1n) is 6.99. The molecule has 2 N–H and O–H groups in total. The van der Waals surface area contributed by atoms with Crippen molar-refractivity contribution in [2.24, 2.45) is 11.8 Å². The van der Waals surface area contributed by atoms with Crippen molar-refractivity contribution >= 4 is 17.5 Å². The predicted octanol–water partition coefficient (Wildman–Crippen LogP) is 3.26. The predicted molar refractivity (Wildman–Crippen MR) is 78.2 cm³/mol. The van der Waals surface area contributed by atoms with Crippen molar-refractivity contribution in [2.45, 2.75) is 26.7 Å². The van der Waals surface area contributed by atoms with Crippen molar-refractivity contribution in [2.75, 3.05) is 13.1 Å². The maximum atomic E-state index is 12.5. The van der Waals surface area contributed by atoms with E-state index >= 15 is 0 Å². The molecule has 1 amide bonds. The molecule has 2 rings (SSSR count). The van der Waals surface area contributed by atoms with E-state index in [1.807, 2.05) is 0 Å². The Balaban J connectivity index is 2.23. The summed E-state index contributed by atoms with van der Waals surface area (Å²) in [6.07, 6.45) is 2.10. The van der Waals surface area contributed by atoms with Gasteiger partial charge in [-0.2, -0.15) is 0 Å². The minimum absolute atomic E-state index is 0.0806. The van der Waals surface area contributed by atoms with Gasteiger partial charge in [0.05, 0.1) is 10.6 Å². The summed E-state index contributed by atoms with van der Waals surface area (Å²) in [5, 5.41) is 18.9. The second-order valence-electron chi connectivity index (χ2n) is 5.34. The Labute approximate surface area is 124 Å². The number of phenolic OH excluding ortho intramolecular Hbond substituents is 2. The molecule has 1 aliphatic rings. The Bertz CT molecular complexity index is 506. The Morgan fingerprint density at radius 2 is 1.80 bits per heavy atom. The number of rotatable bonds is 3. The van der Waals surface area contributed by atoms with E-state index in [2.05, 4.69) is 13.8 Å². The first kappa shape index (κ1) is 15.0. The zero-order valence-electron chi connectivity index (χ0n) is 11.8. The fraction of sp³-hybridized carbons (Fsp3) is 0.533. The molecular weight excluding hydrogens is 278 g/mol. The molecule has 0 aliphatic carbocycles. The molecule has 0 saturated carbocycles. The van der Waals surface area contributed by atoms with E-state index < -0.39 is 5.75 Å². The molecule has 1 aromatic carbocycles. The second kappa shape index (κ2) is 5.92. The van der Waals surface area contributed by atoms with Crippen LogP contribution in [0.2, 0.25) is 5.02 Å². The van der Waals surface area contributed by atoms with Gasteiger partial charge >= 0.3 is 0 Å². The van der Waals surface area contributed by atoms with E-state index in [9.17, 15) is 15.0 Å². The second-order valence-corrected chi connectivity index (χ2v) is 5.72. The SMILES string of the molecule is CC[C@@H]1CN(C(=O)c2ccc(O)c(O)c2Cl)C[C@@H]1CC. The number of carbonyl (C=O) groups is 1. The highest BCUT2D eigenvalue weighted by Gasteiger charge is 2.34. The molecule has 1 saturated heterocycles. The summed E-state index contributed by atoms with van der Waals surface area (Å²) in [6, 6.07) is 2.75. The molecule has 4 nitrogen and oxygen atoms in total. The topological polar surface area (TPSA) is 60.8 Å². The van der Waals surface area contributed by atoms with Crippen molar-refractivity contribution < 1.29 is 15.0 Å². The third-order valence-corrected chi connectivity index (χ3v) is 4.62. The molecule has 1 aromatic rings. The van der Waals surface area contributed by atoms with Crippen LogP contribution in [0.15, 0.2) is 12.1 Å². The van der Waals surface area contributed by atoms with Crippen molar-refractivity contribution in [3.63, 3.8) is 0 Å². The normalized spacial score (nSPS) is 22.2. The summed E-state index contributed by atoms with van der Waals surface area (Å²) in [4.78, 5) is 14.3. The first-order chi connectivity index (χ1) is 9.49. The van der Waals surface area contributed by atoms with Crippen LogP contribution in [0.5, 0.6) is 11.5 Å². The minimum Gasteiger partial charge on any atom is -0.504 e. The molecule has 0 spiro atoms. The summed E-state index contributed by atoms with van der Waals surface area (Å²) in [6.45, 7) is 5.74. The smallest absolute Gasteiger partial charge is 0.255 e. The number of carbonyl (C=O) groups excluding carboxylic acids is 1. The molecule has 2 atom stereocenters. The number of benzene rings is 1. The number of amides is 1. The Kier molecular flexibility index (Phi) is 4.43. The highest BCUT2D eigenvalue weighted by Crippen LogP contribution is 2.37. The van der Waals surface area contributed by atoms with Crippen LogP contribution in [0, 0.1) is 11.8 Å². The third kappa shape index (κ3) is 2.57. The molecule has 0 radical (unpaired) electrons. The number of hydrogen-bond donors (Lipinski definition) is 2. The average Bonchev–Trinajstić information content (AvgIpc) is 2.87. The summed E-state index contributed by atoms with van der Waals surface area (Å²) in [7, 11) is 0. The lowest BCUT2D eigenvalue weighted by Gasteiger charge is -2.17. The highest BCUT2D eigenvalue weighted by atomic mass is 35.5. The van der Waals surface area contributed by atoms with E-state index in [0.717, 1.165) is 25.9 Å². The van der Waals surface area contributed by atoms with Gasteiger partial charge in [-0.05, 0) is 24.0 Å². The summed E-state index contributed by atoms with van der Waals surface area (Å²) < 4.78 is 0. The number of hydrogen-bond acceptors (Lipinski definition) is 3. The molecule has 1 heterocycles. The van der Waals surface area contributed by atoms with E-state index in [1.54, 1.807) is 4.90 Å². The van der Waals surface area contributed by atoms with E-state index in [1.165, 1.54) is 12.1 Å². The highest BCUT2D eigenvalue weighted by molar-refractivity contribution is 6.35. The standard InChI is InChI=1S/C15H20ClNO3/c1-3-9-7-17(8-10(9)4-2)15(20)11-5-6-12(18)14(19)13(11)16/h5-6,9-10,18-19H,3-4,7-8H2,1-2H3/t9-,10+. The van der Waals surface area contributed by atoms with Gasteiger partial charge in [0.1, 0.15) is 0 Å². The van der Waals surface area contributed by atoms with Gasteiger partial charge in [-0.25, -0.2) is 0 Å². The van der Waals surface area contributed by atoms with Crippen LogP contribution in [0.3, 0.4) is 0 Å². The molecule has 1 aliphatic heterocycles. The van der Waals surface area contributed by atoms with Gasteiger partial charge < -0.3 is 15.1 Å². The van der Waals surface area contributed by atoms with E-state index in [0.29, 0.717) is 11.8 Å². The maximum absolute atomic E-state index is 12.5. The van der Waals surface area contributed by atoms with Crippen molar-refractivity contribution in [1.82, 2.24) is 4.90 Å². The fourth-order valence-electron chi connectivity index (χ4n) is 2.92. The van der Waals surface area contributed by atoms with Gasteiger partial charge in [-0.3, -0.25) is 4.79 Å². The van der Waals surface area contributed by atoms with Crippen molar-refractivity contribution in [3.8, 4) is 11.5 Å².